The van der Waals surface area contributed by atoms with Crippen molar-refractivity contribution in [3.05, 3.63) is 11.0 Å². The molecule has 52 valence electrons. The Hall–Kier alpha value is 0.155. The lowest BCUT2D eigenvalue weighted by molar-refractivity contribution is 0.816. The van der Waals surface area contributed by atoms with Crippen molar-refractivity contribution < 1.29 is 0 Å². The molecule has 9 heavy (non-hydrogen) atoms. The first-order chi connectivity index (χ1) is 4.22. The van der Waals surface area contributed by atoms with Gasteiger partial charge < -0.3 is 0 Å². The van der Waals surface area contributed by atoms with Crippen LogP contribution in [0.4, 0.5) is 0 Å². The van der Waals surface area contributed by atoms with Gasteiger partial charge in [0.15, 0.2) is 6.56 Å². The van der Waals surface area contributed by atoms with Crippen molar-refractivity contribution in [2.45, 2.75) is 27.6 Å². The van der Waals surface area contributed by atoms with E-state index >= 15 is 0 Å². The zero-order chi connectivity index (χ0) is 7.28. The van der Waals surface area contributed by atoms with Crippen molar-refractivity contribution in [1.82, 2.24) is 0 Å². The summed E-state index contributed by atoms with van der Waals surface area (Å²) in [5, 5.41) is 0. The molecule has 0 rings (SSSR count). The van der Waals surface area contributed by atoms with Gasteiger partial charge in [0, 0.05) is 0 Å². The molecule has 0 N–H and O–H groups in total. The summed E-state index contributed by atoms with van der Waals surface area (Å²) >= 11 is 1.95. The number of hydrogen-bond donors (Lipinski definition) is 0. The van der Waals surface area contributed by atoms with E-state index in [1.807, 2.05) is 11.6 Å². The van der Waals surface area contributed by atoms with Gasteiger partial charge in [-0.1, -0.05) is 26.7 Å². The fraction of sp³-hybridized carbons (Fsp3) is 0.714. The van der Waals surface area contributed by atoms with Crippen LogP contribution < -0.4 is 0 Å². The van der Waals surface area contributed by atoms with E-state index in [1.54, 1.807) is 0 Å². The highest BCUT2D eigenvalue weighted by atomic mass is 32.2. The van der Waals surface area contributed by atoms with E-state index in [0.717, 1.165) is 0 Å². The van der Waals surface area contributed by atoms with E-state index in [9.17, 15) is 0 Å². The highest BCUT2D eigenvalue weighted by molar-refractivity contribution is 8.25. The molecule has 0 bridgehead atoms. The van der Waals surface area contributed by atoms with Gasteiger partial charge in [0.2, 0.25) is 0 Å². The number of rotatable bonds is 3. The zero-order valence-corrected chi connectivity index (χ0v) is 7.59. The van der Waals surface area contributed by atoms with E-state index < -0.39 is 0 Å². The molecular weight excluding hydrogens is 127 g/mol. The SMILES string of the molecule is CBS/C(=C\C)C(C)C. The Balaban J connectivity index is 3.70. The molecule has 2 heteroatoms. The van der Waals surface area contributed by atoms with Crippen LogP contribution in [0.5, 0.6) is 0 Å². The van der Waals surface area contributed by atoms with E-state index in [-0.39, 0.29) is 0 Å². The quantitative estimate of drug-likeness (QED) is 0.546. The van der Waals surface area contributed by atoms with Gasteiger partial charge in [-0.05, 0) is 17.7 Å². The predicted octanol–water partition coefficient (Wildman–Crippen LogP) is 2.68. The second kappa shape index (κ2) is 4.98. The monoisotopic (exact) mass is 142 g/mol. The van der Waals surface area contributed by atoms with E-state index in [1.165, 1.54) is 11.5 Å². The highest BCUT2D eigenvalue weighted by Crippen LogP contribution is 2.21. The molecule has 0 aliphatic heterocycles. The second-order valence-electron chi connectivity index (χ2n) is 2.28. The number of hydrogen-bond acceptors (Lipinski definition) is 1. The van der Waals surface area contributed by atoms with Crippen LogP contribution in [0.3, 0.4) is 0 Å². The number of allylic oxidation sites excluding steroid dienone is 2. The van der Waals surface area contributed by atoms with Gasteiger partial charge in [-0.15, -0.1) is 0 Å². The fourth-order valence-corrected chi connectivity index (χ4v) is 1.58. The molecule has 0 heterocycles. The standard InChI is InChI=1S/C7H15BS/c1-5-7(6(2)3)9-8-4/h5-6,8H,1-4H3/b7-5-. The van der Waals surface area contributed by atoms with Gasteiger partial charge in [-0.25, -0.2) is 0 Å². The second-order valence-corrected chi connectivity index (χ2v) is 3.62. The summed E-state index contributed by atoms with van der Waals surface area (Å²) in [6, 6.07) is 0. The molecule has 0 atom stereocenters. The summed E-state index contributed by atoms with van der Waals surface area (Å²) < 4.78 is 0. The molecule has 0 aliphatic rings. The minimum atomic E-state index is 0.708. The Morgan fingerprint density at radius 1 is 1.56 bits per heavy atom. The van der Waals surface area contributed by atoms with Crippen LogP contribution in [0, 0.1) is 5.92 Å². The van der Waals surface area contributed by atoms with Gasteiger partial charge >= 0.3 is 0 Å². The van der Waals surface area contributed by atoms with Crippen LogP contribution in [-0.4, -0.2) is 6.56 Å². The van der Waals surface area contributed by atoms with Crippen LogP contribution in [0.2, 0.25) is 6.82 Å². The summed E-state index contributed by atoms with van der Waals surface area (Å²) in [4.78, 5) is 1.51. The molecule has 0 unspecified atom stereocenters. The third kappa shape index (κ3) is 3.69. The minimum absolute atomic E-state index is 0.708. The summed E-state index contributed by atoms with van der Waals surface area (Å²) in [6.45, 7) is 9.96. The molecule has 0 aromatic heterocycles. The maximum absolute atomic E-state index is 2.23. The maximum Gasteiger partial charge on any atom is 0.194 e. The topological polar surface area (TPSA) is 0 Å². The average Bonchev–Trinajstić information content (AvgIpc) is 1.82. The van der Waals surface area contributed by atoms with Gasteiger partial charge in [0.25, 0.3) is 0 Å². The molecule has 0 aliphatic carbocycles. The lowest BCUT2D eigenvalue weighted by Gasteiger charge is -2.07. The molecule has 0 radical (unpaired) electrons. The van der Waals surface area contributed by atoms with Crippen molar-refractivity contribution in [2.75, 3.05) is 0 Å². The first kappa shape index (κ1) is 9.15. The Morgan fingerprint density at radius 2 is 2.11 bits per heavy atom. The Labute approximate surface area is 63.2 Å². The molecule has 0 aromatic carbocycles. The molecule has 0 saturated carbocycles. The van der Waals surface area contributed by atoms with Crippen molar-refractivity contribution in [1.29, 1.82) is 0 Å². The lowest BCUT2D eigenvalue weighted by Crippen LogP contribution is -1.89. The Bertz CT molecular complexity index is 97.1. The summed E-state index contributed by atoms with van der Waals surface area (Å²) in [7, 11) is 0. The van der Waals surface area contributed by atoms with Crippen molar-refractivity contribution in [3.63, 3.8) is 0 Å². The molecule has 0 nitrogen and oxygen atoms in total. The average molecular weight is 142 g/mol. The van der Waals surface area contributed by atoms with E-state index in [0.29, 0.717) is 5.92 Å². The van der Waals surface area contributed by atoms with Crippen molar-refractivity contribution in [3.8, 4) is 0 Å². The molecule has 0 amide bonds. The van der Waals surface area contributed by atoms with Gasteiger partial charge in [0.05, 0.1) is 0 Å². The van der Waals surface area contributed by atoms with Crippen molar-refractivity contribution in [2.24, 2.45) is 5.92 Å². The Kier molecular flexibility index (Phi) is 5.07. The van der Waals surface area contributed by atoms with Crippen LogP contribution >= 0.6 is 11.6 Å². The largest absolute Gasteiger partial charge is 0.194 e. The summed E-state index contributed by atoms with van der Waals surface area (Å²) in [6.07, 6.45) is 2.21. The first-order valence-corrected chi connectivity index (χ1v) is 4.49. The third-order valence-electron chi connectivity index (χ3n) is 1.16. The fourth-order valence-electron chi connectivity index (χ4n) is 0.750. The van der Waals surface area contributed by atoms with E-state index in [4.69, 9.17) is 0 Å². The van der Waals surface area contributed by atoms with Gasteiger partial charge in [-0.2, -0.15) is 11.6 Å². The van der Waals surface area contributed by atoms with Crippen LogP contribution in [0.25, 0.3) is 0 Å². The highest BCUT2D eigenvalue weighted by Gasteiger charge is 1.99. The molecule has 0 fully saturated rings. The zero-order valence-electron chi connectivity index (χ0n) is 6.77. The molecule has 0 spiro atoms. The predicted molar refractivity (Wildman–Crippen MR) is 49.2 cm³/mol. The normalized spacial score (nSPS) is 12.3. The molecule has 0 aromatic rings. The summed E-state index contributed by atoms with van der Waals surface area (Å²) in [5.74, 6) is 0.708. The molecular formula is C7H15BS. The minimum Gasteiger partial charge on any atom is -0.186 e. The van der Waals surface area contributed by atoms with Gasteiger partial charge in [-0.3, -0.25) is 0 Å². The van der Waals surface area contributed by atoms with Crippen LogP contribution in [-0.2, 0) is 0 Å². The lowest BCUT2D eigenvalue weighted by atomic mass is 10.2. The molecule has 0 saturated heterocycles. The van der Waals surface area contributed by atoms with Crippen LogP contribution in [0.1, 0.15) is 20.8 Å². The summed E-state index contributed by atoms with van der Waals surface area (Å²) in [5.41, 5.74) is 0. The van der Waals surface area contributed by atoms with Gasteiger partial charge in [0.1, 0.15) is 0 Å². The van der Waals surface area contributed by atoms with E-state index in [2.05, 4.69) is 33.7 Å². The maximum atomic E-state index is 2.23. The third-order valence-corrected chi connectivity index (χ3v) is 2.49. The van der Waals surface area contributed by atoms with Crippen molar-refractivity contribution >= 4 is 18.2 Å². The Morgan fingerprint density at radius 3 is 2.22 bits per heavy atom. The first-order valence-electron chi connectivity index (χ1n) is 3.51. The smallest absolute Gasteiger partial charge is 0.186 e. The van der Waals surface area contributed by atoms with Crippen LogP contribution in [0.15, 0.2) is 11.0 Å².